The molecule has 9 heteroatoms. The number of anilines is 1. The van der Waals surface area contributed by atoms with Crippen molar-refractivity contribution in [2.75, 3.05) is 25.6 Å². The van der Waals surface area contributed by atoms with E-state index >= 15 is 0 Å². The van der Waals surface area contributed by atoms with Gasteiger partial charge in [-0.3, -0.25) is 14.1 Å². The Balaban J connectivity index is 2.00. The summed E-state index contributed by atoms with van der Waals surface area (Å²) in [6.45, 7) is 4.61. The Hall–Kier alpha value is -1.03. The van der Waals surface area contributed by atoms with E-state index in [1.54, 1.807) is 17.1 Å². The normalized spacial score (nSPS) is 24.9. The number of likely N-dealkylation sites (N-methyl/N-ethyl adjacent to an activating group) is 1. The van der Waals surface area contributed by atoms with Crippen molar-refractivity contribution >= 4 is 17.0 Å². The summed E-state index contributed by atoms with van der Waals surface area (Å²) in [5.74, 6) is 0. The number of nitrogens with zero attached hydrogens (tertiary/aromatic N) is 4. The number of hydrogen-bond donors (Lipinski definition) is 2. The van der Waals surface area contributed by atoms with Crippen molar-refractivity contribution in [2.24, 2.45) is 0 Å². The zero-order valence-corrected chi connectivity index (χ0v) is 13.3. The highest BCUT2D eigenvalue weighted by molar-refractivity contribution is 7.76. The molecule has 1 aliphatic heterocycles. The number of alkyl halides is 1. The first-order valence-corrected chi connectivity index (χ1v) is 7.96. The Labute approximate surface area is 126 Å². The van der Waals surface area contributed by atoms with Gasteiger partial charge in [-0.15, -0.1) is 4.41 Å². The zero-order valence-electron chi connectivity index (χ0n) is 12.4. The summed E-state index contributed by atoms with van der Waals surface area (Å²) in [4.78, 5) is 1.86. The summed E-state index contributed by atoms with van der Waals surface area (Å²) >= 11 is -2.19. The average molecular weight is 319 g/mol. The van der Waals surface area contributed by atoms with Crippen molar-refractivity contribution in [1.82, 2.24) is 19.1 Å². The van der Waals surface area contributed by atoms with Crippen LogP contribution in [0.5, 0.6) is 0 Å². The van der Waals surface area contributed by atoms with Crippen LogP contribution in [0.2, 0.25) is 0 Å². The van der Waals surface area contributed by atoms with Gasteiger partial charge in [0.15, 0.2) is 0 Å². The third-order valence-electron chi connectivity index (χ3n) is 3.59. The highest BCUT2D eigenvalue weighted by atomic mass is 32.2. The molecule has 0 spiro atoms. The SMILES string of the molecule is CC(C)n1cc(NN(C[C@@H]2C[C@@H](F)CN2C)S(=O)O)cn1. The summed E-state index contributed by atoms with van der Waals surface area (Å²) in [5, 5.41) is 4.16. The van der Waals surface area contributed by atoms with Gasteiger partial charge in [-0.25, -0.2) is 8.60 Å². The van der Waals surface area contributed by atoms with E-state index in [4.69, 9.17) is 0 Å². The van der Waals surface area contributed by atoms with E-state index < -0.39 is 17.4 Å². The lowest BCUT2D eigenvalue weighted by molar-refractivity contribution is 0.264. The summed E-state index contributed by atoms with van der Waals surface area (Å²) in [6, 6.07) is 0.116. The standard InChI is InChI=1S/C12H22FN5O2S/c1-9(2)17-7-11(5-14-17)15-18(21(19)20)8-12-4-10(13)6-16(12)3/h5,7,9-10,12,15H,4,6,8H2,1-3H3,(H,19,20)/t10-,12+/m1/s1. The summed E-state index contributed by atoms with van der Waals surface area (Å²) in [5.41, 5.74) is 3.50. The maximum Gasteiger partial charge on any atom is 0.253 e. The van der Waals surface area contributed by atoms with E-state index in [1.807, 2.05) is 25.8 Å². The van der Waals surface area contributed by atoms with Crippen LogP contribution < -0.4 is 5.43 Å². The largest absolute Gasteiger partial charge is 0.302 e. The van der Waals surface area contributed by atoms with Crippen molar-refractivity contribution in [1.29, 1.82) is 0 Å². The molecule has 2 N–H and O–H groups in total. The molecule has 1 saturated heterocycles. The molecule has 0 saturated carbocycles. The summed E-state index contributed by atoms with van der Waals surface area (Å²) in [6.07, 6.45) is 2.85. The van der Waals surface area contributed by atoms with Crippen LogP contribution in [0.15, 0.2) is 12.4 Å². The van der Waals surface area contributed by atoms with Crippen LogP contribution in [0.3, 0.4) is 0 Å². The first-order valence-electron chi connectivity index (χ1n) is 6.90. The molecule has 2 heterocycles. The Morgan fingerprint density at radius 3 is 2.86 bits per heavy atom. The summed E-state index contributed by atoms with van der Waals surface area (Å²) in [7, 11) is 1.82. The van der Waals surface area contributed by atoms with Crippen molar-refractivity contribution in [3.8, 4) is 0 Å². The van der Waals surface area contributed by atoms with Gasteiger partial charge in [0, 0.05) is 31.4 Å². The zero-order chi connectivity index (χ0) is 15.6. The minimum atomic E-state index is -2.19. The van der Waals surface area contributed by atoms with Crippen LogP contribution in [0.25, 0.3) is 0 Å². The molecule has 0 bridgehead atoms. The molecule has 7 nitrogen and oxygen atoms in total. The second kappa shape index (κ2) is 6.82. The Kier molecular flexibility index (Phi) is 5.31. The van der Waals surface area contributed by atoms with Gasteiger partial charge in [-0.2, -0.15) is 5.10 Å². The van der Waals surface area contributed by atoms with Gasteiger partial charge in [0.05, 0.1) is 11.9 Å². The van der Waals surface area contributed by atoms with Crippen LogP contribution in [0, 0.1) is 0 Å². The van der Waals surface area contributed by atoms with E-state index in [1.165, 1.54) is 4.41 Å². The predicted octanol–water partition coefficient (Wildman–Crippen LogP) is 1.27. The van der Waals surface area contributed by atoms with Crippen molar-refractivity contribution in [2.45, 2.75) is 38.5 Å². The highest BCUT2D eigenvalue weighted by Gasteiger charge is 2.32. The van der Waals surface area contributed by atoms with Crippen LogP contribution in [-0.4, -0.2) is 60.2 Å². The highest BCUT2D eigenvalue weighted by Crippen LogP contribution is 2.20. The first-order chi connectivity index (χ1) is 9.86. The van der Waals surface area contributed by atoms with Gasteiger partial charge < -0.3 is 5.43 Å². The molecular weight excluding hydrogens is 297 g/mol. The molecule has 0 aliphatic carbocycles. The molecule has 1 unspecified atom stereocenters. The maximum atomic E-state index is 13.4. The Morgan fingerprint density at radius 2 is 2.38 bits per heavy atom. The topological polar surface area (TPSA) is 73.6 Å². The van der Waals surface area contributed by atoms with E-state index in [0.717, 1.165) is 0 Å². The Morgan fingerprint density at radius 1 is 1.67 bits per heavy atom. The predicted molar refractivity (Wildman–Crippen MR) is 79.6 cm³/mol. The molecule has 1 aliphatic rings. The number of halogens is 1. The van der Waals surface area contributed by atoms with E-state index in [-0.39, 0.29) is 18.6 Å². The number of likely N-dealkylation sites (tertiary alicyclic amines) is 1. The molecule has 21 heavy (non-hydrogen) atoms. The monoisotopic (exact) mass is 319 g/mol. The third kappa shape index (κ3) is 4.22. The second-order valence-electron chi connectivity index (χ2n) is 5.63. The van der Waals surface area contributed by atoms with Gasteiger partial charge in [0.2, 0.25) is 0 Å². The Bertz CT molecular complexity index is 498. The minimum Gasteiger partial charge on any atom is -0.302 e. The van der Waals surface area contributed by atoms with Gasteiger partial charge in [-0.05, 0) is 27.3 Å². The summed E-state index contributed by atoms with van der Waals surface area (Å²) < 4.78 is 37.2. The van der Waals surface area contributed by atoms with Crippen molar-refractivity contribution in [3.63, 3.8) is 0 Å². The lowest BCUT2D eigenvalue weighted by Crippen LogP contribution is -2.42. The smallest absolute Gasteiger partial charge is 0.253 e. The van der Waals surface area contributed by atoms with E-state index in [2.05, 4.69) is 10.5 Å². The molecular formula is C12H22FN5O2S. The number of hydrogen-bond acceptors (Lipinski definition) is 4. The fourth-order valence-electron chi connectivity index (χ4n) is 2.39. The van der Waals surface area contributed by atoms with Crippen LogP contribution in [0.1, 0.15) is 26.3 Å². The first kappa shape index (κ1) is 16.3. The van der Waals surface area contributed by atoms with Crippen molar-refractivity contribution < 1.29 is 13.2 Å². The molecule has 0 amide bonds. The quantitative estimate of drug-likeness (QED) is 0.610. The molecule has 0 radical (unpaired) electrons. The number of rotatable bonds is 6. The average Bonchev–Trinajstić information content (AvgIpc) is 2.96. The molecule has 0 aromatic carbocycles. The lowest BCUT2D eigenvalue weighted by Gasteiger charge is -2.25. The molecule has 1 aromatic heterocycles. The van der Waals surface area contributed by atoms with Crippen molar-refractivity contribution in [3.05, 3.63) is 12.4 Å². The van der Waals surface area contributed by atoms with Crippen LogP contribution >= 0.6 is 0 Å². The minimum absolute atomic E-state index is 0.0938. The van der Waals surface area contributed by atoms with Crippen LogP contribution in [-0.2, 0) is 11.3 Å². The van der Waals surface area contributed by atoms with Gasteiger partial charge in [0.1, 0.15) is 6.17 Å². The second-order valence-corrected chi connectivity index (χ2v) is 6.53. The lowest BCUT2D eigenvalue weighted by atomic mass is 10.2. The van der Waals surface area contributed by atoms with E-state index in [9.17, 15) is 13.2 Å². The maximum absolute atomic E-state index is 13.4. The number of hydrazine groups is 1. The molecule has 120 valence electrons. The molecule has 2 rings (SSSR count). The van der Waals surface area contributed by atoms with Gasteiger partial charge >= 0.3 is 0 Å². The van der Waals surface area contributed by atoms with Crippen LogP contribution in [0.4, 0.5) is 10.1 Å². The molecule has 3 atom stereocenters. The molecule has 1 aromatic rings. The van der Waals surface area contributed by atoms with Gasteiger partial charge in [-0.1, -0.05) is 0 Å². The fourth-order valence-corrected chi connectivity index (χ4v) is 2.87. The van der Waals surface area contributed by atoms with E-state index in [0.29, 0.717) is 18.7 Å². The fraction of sp³-hybridized carbons (Fsp3) is 0.750. The van der Waals surface area contributed by atoms with Gasteiger partial charge in [0.25, 0.3) is 11.3 Å². The molecule has 1 fully saturated rings. The number of aromatic nitrogens is 2. The third-order valence-corrected chi connectivity index (χ3v) is 4.20. The number of nitrogens with one attached hydrogen (secondary N) is 1.